The van der Waals surface area contributed by atoms with Gasteiger partial charge in [0.2, 0.25) is 41.4 Å². The lowest BCUT2D eigenvalue weighted by atomic mass is 9.92. The topological polar surface area (TPSA) is 410 Å². The number of carbonyl (C=O) groups excluding carboxylic acids is 8. The fraction of sp³-hybridized carbons (Fsp3) is 0.545. The number of carboxylic acids is 1. The molecule has 2 aliphatic rings. The number of unbranched alkanes of at least 4 members (excludes halogenated alkanes) is 2. The van der Waals surface area contributed by atoms with Crippen molar-refractivity contribution in [2.24, 2.45) is 27.9 Å². The van der Waals surface area contributed by atoms with Crippen LogP contribution in [0.15, 0.2) is 66.0 Å². The number of amides is 9. The number of fused-ring (bicyclic) bond motifs is 1. The van der Waals surface area contributed by atoms with Gasteiger partial charge in [0.15, 0.2) is 5.96 Å². The standard InChI is InChI=1S/C55H82N16O11/c1-4-5-13-40(68-55(81)69(2)3)48(75)67-44(29-46(72)73)51(78)66-43(28-38-30-60-33-62-38)50(77)65-42(26-34-16-18-35(19-17-34)31-70-22-24-82-25-23-70)49(76)64-41(15-10-21-61-54(58)59)53(80)71-32-37-12-7-6-11-36(37)27-45(71)52(79)63-39(47(57)74)14-8-9-20-56/h6-7,11-12,16-19,30,33,39-45H,4-5,8-10,13-15,20-29,31-32,56H2,1-3H3,(H2,57,74)(H,60,62)(H,63,79)(H,64,76)(H,65,77)(H,66,78)(H,67,75)(H,68,81)(H,72,73)(H4,58,59,61)/t39-,40-,41-,42+,43-,44-,45-/m0/s1. The van der Waals surface area contributed by atoms with E-state index in [-0.39, 0.29) is 64.0 Å². The predicted octanol–water partition coefficient (Wildman–Crippen LogP) is -1.62. The molecule has 82 heavy (non-hydrogen) atoms. The van der Waals surface area contributed by atoms with Gasteiger partial charge in [-0.3, -0.25) is 48.2 Å². The SMILES string of the molecule is CCCC[C@H](NC(=O)N(C)C)C(=O)N[C@@H](CC(=O)O)C(=O)N[C@@H](Cc1cnc[nH]1)C(=O)N[C@H](Cc1ccc(CN2CCOCC2)cc1)C(=O)N[C@@H](CCCN=C(N)N)C(=O)N1Cc2ccccc2C[C@H]1C(=O)N[C@@H](CCCCN)C(N)=O. The number of aliphatic imine (C=N–C) groups is 1. The molecule has 1 fully saturated rings. The number of hydrogen-bond acceptors (Lipinski definition) is 14. The first kappa shape index (κ1) is 64.6. The summed E-state index contributed by atoms with van der Waals surface area (Å²) in [5.74, 6) is -7.38. The van der Waals surface area contributed by atoms with Crippen LogP contribution in [0.25, 0.3) is 0 Å². The van der Waals surface area contributed by atoms with Crippen molar-refractivity contribution in [3.05, 3.63) is 89.0 Å². The number of aromatic amines is 1. The van der Waals surface area contributed by atoms with E-state index in [0.717, 1.165) is 29.8 Å². The maximum absolute atomic E-state index is 15.2. The third-order valence-electron chi connectivity index (χ3n) is 14.1. The molecule has 0 unspecified atom stereocenters. The number of aliphatic carboxylic acids is 1. The molecule has 16 N–H and O–H groups in total. The fourth-order valence-corrected chi connectivity index (χ4v) is 9.49. The van der Waals surface area contributed by atoms with Crippen LogP contribution in [0.1, 0.15) is 92.7 Å². The number of guanidine groups is 1. The molecule has 3 aromatic rings. The molecule has 0 bridgehead atoms. The van der Waals surface area contributed by atoms with Crippen LogP contribution in [-0.2, 0) is 75.4 Å². The number of primary amides is 1. The Hall–Kier alpha value is -8.17. The lowest BCUT2D eigenvalue weighted by molar-refractivity contribution is -0.145. The van der Waals surface area contributed by atoms with Crippen molar-refractivity contribution in [2.45, 2.75) is 139 Å². The van der Waals surface area contributed by atoms with Crippen molar-refractivity contribution in [3.8, 4) is 0 Å². The van der Waals surface area contributed by atoms with Crippen molar-refractivity contribution in [1.29, 1.82) is 0 Å². The van der Waals surface area contributed by atoms with E-state index in [9.17, 15) is 38.7 Å². The maximum Gasteiger partial charge on any atom is 0.317 e. The second kappa shape index (κ2) is 32.9. The quantitative estimate of drug-likeness (QED) is 0.0190. The number of nitrogens with one attached hydrogen (secondary N) is 7. The Kier molecular flexibility index (Phi) is 26.0. The van der Waals surface area contributed by atoms with E-state index in [0.29, 0.717) is 63.2 Å². The van der Waals surface area contributed by atoms with Gasteiger partial charge < -0.3 is 79.5 Å². The molecule has 3 heterocycles. The summed E-state index contributed by atoms with van der Waals surface area (Å²) in [6.07, 6.45) is 4.23. The van der Waals surface area contributed by atoms with Gasteiger partial charge in [-0.15, -0.1) is 0 Å². The molecule has 0 saturated carbocycles. The van der Waals surface area contributed by atoms with Crippen LogP contribution >= 0.6 is 0 Å². The van der Waals surface area contributed by atoms with Crippen LogP contribution in [-0.4, -0.2) is 185 Å². The molecular weight excluding hydrogens is 1060 g/mol. The molecule has 1 saturated heterocycles. The number of benzene rings is 2. The summed E-state index contributed by atoms with van der Waals surface area (Å²) < 4.78 is 5.51. The summed E-state index contributed by atoms with van der Waals surface area (Å²) in [4.78, 5) is 141. The van der Waals surface area contributed by atoms with Gasteiger partial charge in [-0.2, -0.15) is 0 Å². The number of imidazole rings is 1. The lowest BCUT2D eigenvalue weighted by Gasteiger charge is -2.38. The molecule has 448 valence electrons. The summed E-state index contributed by atoms with van der Waals surface area (Å²) >= 11 is 0. The van der Waals surface area contributed by atoms with Crippen LogP contribution in [0.5, 0.6) is 0 Å². The van der Waals surface area contributed by atoms with Gasteiger partial charge in [0.25, 0.3) is 0 Å². The Labute approximate surface area is 477 Å². The van der Waals surface area contributed by atoms with Crippen molar-refractivity contribution >= 4 is 59.3 Å². The monoisotopic (exact) mass is 1140 g/mol. The first-order valence-electron chi connectivity index (χ1n) is 27.7. The van der Waals surface area contributed by atoms with E-state index in [1.165, 1.54) is 36.4 Å². The molecular formula is C55H82N16O11. The van der Waals surface area contributed by atoms with Gasteiger partial charge in [0.05, 0.1) is 26.0 Å². The number of carboxylic acid groups (broad SMARTS) is 1. The highest BCUT2D eigenvalue weighted by Crippen LogP contribution is 2.26. The maximum atomic E-state index is 15.2. The number of ether oxygens (including phenoxy) is 1. The molecule has 0 aliphatic carbocycles. The molecule has 5 rings (SSSR count). The Balaban J connectivity index is 1.50. The van der Waals surface area contributed by atoms with Crippen molar-refractivity contribution in [1.82, 2.24) is 56.6 Å². The number of H-pyrrole nitrogens is 1. The number of hydrogen-bond donors (Lipinski definition) is 12. The van der Waals surface area contributed by atoms with Crippen LogP contribution in [0, 0.1) is 0 Å². The number of urea groups is 1. The minimum Gasteiger partial charge on any atom is -0.481 e. The summed E-state index contributed by atoms with van der Waals surface area (Å²) in [5.41, 5.74) is 26.2. The number of nitrogens with zero attached hydrogens (tertiary/aromatic N) is 5. The van der Waals surface area contributed by atoms with Crippen molar-refractivity contribution in [3.63, 3.8) is 0 Å². The summed E-state index contributed by atoms with van der Waals surface area (Å²) in [5, 5.41) is 26.0. The molecule has 1 aromatic heterocycles. The van der Waals surface area contributed by atoms with Crippen LogP contribution < -0.4 is 54.8 Å². The number of carbonyl (C=O) groups is 9. The number of nitrogens with two attached hydrogens (primary N) is 4. The molecule has 2 aliphatic heterocycles. The normalized spacial score (nSPS) is 16.3. The Bertz CT molecular complexity index is 2640. The van der Waals surface area contributed by atoms with Gasteiger partial charge in [-0.1, -0.05) is 68.3 Å². The van der Waals surface area contributed by atoms with E-state index in [2.05, 4.69) is 51.8 Å². The number of morpholine rings is 1. The second-order valence-electron chi connectivity index (χ2n) is 20.7. The molecule has 27 nitrogen and oxygen atoms in total. The predicted molar refractivity (Wildman–Crippen MR) is 302 cm³/mol. The van der Waals surface area contributed by atoms with Gasteiger partial charge in [0.1, 0.15) is 42.3 Å². The van der Waals surface area contributed by atoms with Gasteiger partial charge in [-0.25, -0.2) is 9.78 Å². The van der Waals surface area contributed by atoms with Crippen LogP contribution in [0.4, 0.5) is 4.79 Å². The van der Waals surface area contributed by atoms with Gasteiger partial charge >= 0.3 is 12.0 Å². The average Bonchev–Trinajstić information content (AvgIpc) is 3.87. The number of aromatic nitrogens is 2. The van der Waals surface area contributed by atoms with Crippen molar-refractivity contribution in [2.75, 3.05) is 53.5 Å². The highest BCUT2D eigenvalue weighted by molar-refractivity contribution is 5.98. The zero-order valence-electron chi connectivity index (χ0n) is 47.0. The average molecular weight is 1140 g/mol. The first-order chi connectivity index (χ1) is 39.3. The Morgan fingerprint density at radius 1 is 0.732 bits per heavy atom. The molecule has 7 atom stereocenters. The van der Waals surface area contributed by atoms with E-state index in [1.54, 1.807) is 12.1 Å². The summed E-state index contributed by atoms with van der Waals surface area (Å²) in [6.45, 7) is 5.57. The third-order valence-corrected chi connectivity index (χ3v) is 14.1. The van der Waals surface area contributed by atoms with Gasteiger partial charge in [0, 0.05) is 78.0 Å². The van der Waals surface area contributed by atoms with Crippen LogP contribution in [0.2, 0.25) is 0 Å². The molecule has 0 spiro atoms. The molecule has 27 heteroatoms. The molecule has 0 radical (unpaired) electrons. The number of rotatable bonds is 32. The first-order valence-corrected chi connectivity index (χ1v) is 27.7. The lowest BCUT2D eigenvalue weighted by Crippen LogP contribution is -2.62. The van der Waals surface area contributed by atoms with E-state index in [4.69, 9.17) is 27.7 Å². The summed E-state index contributed by atoms with van der Waals surface area (Å²) in [6, 6.07) is 4.60. The minimum absolute atomic E-state index is 0.0528. The Morgan fingerprint density at radius 2 is 1.33 bits per heavy atom. The second-order valence-corrected chi connectivity index (χ2v) is 20.7. The smallest absolute Gasteiger partial charge is 0.317 e. The zero-order chi connectivity index (χ0) is 59.7. The third kappa shape index (κ3) is 20.7. The largest absolute Gasteiger partial charge is 0.481 e. The highest BCUT2D eigenvalue weighted by atomic mass is 16.5. The molecule has 9 amide bonds. The zero-order valence-corrected chi connectivity index (χ0v) is 47.0. The Morgan fingerprint density at radius 3 is 1.94 bits per heavy atom. The van der Waals surface area contributed by atoms with E-state index in [1.807, 2.05) is 43.3 Å². The van der Waals surface area contributed by atoms with Crippen LogP contribution in [0.3, 0.4) is 0 Å². The van der Waals surface area contributed by atoms with E-state index >= 15 is 9.59 Å². The van der Waals surface area contributed by atoms with Gasteiger partial charge in [-0.05, 0) is 67.3 Å². The highest BCUT2D eigenvalue weighted by Gasteiger charge is 2.40. The summed E-state index contributed by atoms with van der Waals surface area (Å²) in [7, 11) is 2.96. The van der Waals surface area contributed by atoms with Crippen molar-refractivity contribution < 1.29 is 53.0 Å². The molecule has 2 aromatic carbocycles. The fourth-order valence-electron chi connectivity index (χ4n) is 9.49. The minimum atomic E-state index is -1.74. The van der Waals surface area contributed by atoms with E-state index < -0.39 is 102 Å².